The summed E-state index contributed by atoms with van der Waals surface area (Å²) in [6.45, 7) is 5.95. The summed E-state index contributed by atoms with van der Waals surface area (Å²) in [6, 6.07) is 3.83. The Labute approximate surface area is 163 Å². The molecule has 0 saturated carbocycles. The van der Waals surface area contributed by atoms with Crippen molar-refractivity contribution in [3.63, 3.8) is 0 Å². The van der Waals surface area contributed by atoms with Crippen LogP contribution in [0.25, 0.3) is 0 Å². The predicted molar refractivity (Wildman–Crippen MR) is 101 cm³/mol. The van der Waals surface area contributed by atoms with Crippen LogP contribution in [0.5, 0.6) is 0 Å². The van der Waals surface area contributed by atoms with Gasteiger partial charge in [0.2, 0.25) is 0 Å². The number of pyridine rings is 1. The average molecular weight is 384 g/mol. The quantitative estimate of drug-likeness (QED) is 0.768. The van der Waals surface area contributed by atoms with Crippen LogP contribution in [0, 0.1) is 0 Å². The Balaban J connectivity index is 1.32. The molecule has 148 valence electrons. The fourth-order valence-electron chi connectivity index (χ4n) is 3.48. The molecule has 2 saturated heterocycles. The highest BCUT2D eigenvalue weighted by Crippen LogP contribution is 2.11. The van der Waals surface area contributed by atoms with Gasteiger partial charge in [-0.05, 0) is 17.7 Å². The first-order valence-corrected chi connectivity index (χ1v) is 9.53. The molecule has 9 nitrogen and oxygen atoms in total. The number of hydrogen-bond donors (Lipinski definition) is 0. The van der Waals surface area contributed by atoms with Gasteiger partial charge < -0.3 is 14.5 Å². The Bertz CT molecular complexity index is 810. The van der Waals surface area contributed by atoms with Gasteiger partial charge in [0, 0.05) is 64.4 Å². The molecule has 28 heavy (non-hydrogen) atoms. The maximum absolute atomic E-state index is 12.7. The molecule has 0 atom stereocenters. The van der Waals surface area contributed by atoms with E-state index in [0.29, 0.717) is 45.0 Å². The normalized spacial score (nSPS) is 18.3. The highest BCUT2D eigenvalue weighted by Gasteiger charge is 2.25. The number of carbonyl (C=O) groups excluding carboxylic acids is 2. The molecule has 2 fully saturated rings. The summed E-state index contributed by atoms with van der Waals surface area (Å²) in [5.41, 5.74) is 1.65. The molecule has 0 bridgehead atoms. The smallest absolute Gasteiger partial charge is 0.344 e. The number of piperazine rings is 1. The number of ether oxygens (including phenoxy) is 1. The Morgan fingerprint density at radius 1 is 0.964 bits per heavy atom. The van der Waals surface area contributed by atoms with E-state index < -0.39 is 0 Å². The number of carbonyl (C=O) groups is 2. The molecule has 0 radical (unpaired) electrons. The average Bonchev–Trinajstić information content (AvgIpc) is 3.25. The van der Waals surface area contributed by atoms with E-state index in [1.54, 1.807) is 22.2 Å². The number of aromatic nitrogens is 3. The summed E-state index contributed by atoms with van der Waals surface area (Å²) in [5.74, 6) is -0.107. The fraction of sp³-hybridized carbons (Fsp3) is 0.474. The third kappa shape index (κ3) is 4.20. The van der Waals surface area contributed by atoms with Crippen molar-refractivity contribution in [1.82, 2.24) is 29.5 Å². The monoisotopic (exact) mass is 384 g/mol. The predicted octanol–water partition coefficient (Wildman–Crippen LogP) is 0.536. The second-order valence-corrected chi connectivity index (χ2v) is 6.98. The molecule has 2 amide bonds. The molecule has 2 aliphatic heterocycles. The summed E-state index contributed by atoms with van der Waals surface area (Å²) < 4.78 is 6.54. The van der Waals surface area contributed by atoms with E-state index in [1.165, 1.54) is 22.6 Å². The molecule has 2 aromatic rings. The molecule has 0 spiro atoms. The minimum atomic E-state index is -0.190. The molecule has 2 aromatic heterocycles. The van der Waals surface area contributed by atoms with Gasteiger partial charge in [0.1, 0.15) is 0 Å². The molecular formula is C19H24N6O3. The molecule has 4 rings (SSSR count). The standard InChI is InChI=1S/C19H24N6O3/c26-18(23-9-11-28-12-10-23)17-13-21-25(15-17)19(27)24-7-5-22(6-8-24)14-16-1-3-20-4-2-16/h1-4,13,15H,5-12,14H2. The number of nitrogens with zero attached hydrogens (tertiary/aromatic N) is 6. The second kappa shape index (κ2) is 8.49. The van der Waals surface area contributed by atoms with E-state index in [9.17, 15) is 9.59 Å². The summed E-state index contributed by atoms with van der Waals surface area (Å²) in [6.07, 6.45) is 6.59. The maximum Gasteiger partial charge on any atom is 0.344 e. The number of morpholine rings is 1. The molecular weight excluding hydrogens is 360 g/mol. The minimum Gasteiger partial charge on any atom is -0.378 e. The van der Waals surface area contributed by atoms with Crippen molar-refractivity contribution in [2.75, 3.05) is 52.5 Å². The van der Waals surface area contributed by atoms with Crippen LogP contribution >= 0.6 is 0 Å². The van der Waals surface area contributed by atoms with Gasteiger partial charge in [0.25, 0.3) is 5.91 Å². The number of amides is 2. The lowest BCUT2D eigenvalue weighted by atomic mass is 10.2. The van der Waals surface area contributed by atoms with Gasteiger partial charge >= 0.3 is 6.03 Å². The summed E-state index contributed by atoms with van der Waals surface area (Å²) in [4.78, 5) is 35.1. The summed E-state index contributed by atoms with van der Waals surface area (Å²) >= 11 is 0. The lowest BCUT2D eigenvalue weighted by molar-refractivity contribution is 0.0303. The molecule has 9 heteroatoms. The van der Waals surface area contributed by atoms with Gasteiger partial charge in [-0.25, -0.2) is 4.79 Å². The van der Waals surface area contributed by atoms with Crippen molar-refractivity contribution in [3.8, 4) is 0 Å². The topological polar surface area (TPSA) is 83.8 Å². The Kier molecular flexibility index (Phi) is 5.63. The van der Waals surface area contributed by atoms with Crippen molar-refractivity contribution in [2.24, 2.45) is 0 Å². The van der Waals surface area contributed by atoms with Crippen LogP contribution in [-0.2, 0) is 11.3 Å². The van der Waals surface area contributed by atoms with Crippen LogP contribution in [0.15, 0.2) is 36.9 Å². The number of hydrogen-bond acceptors (Lipinski definition) is 6. The van der Waals surface area contributed by atoms with Gasteiger partial charge in [0.15, 0.2) is 0 Å². The van der Waals surface area contributed by atoms with Gasteiger partial charge in [-0.15, -0.1) is 0 Å². The Hall–Kier alpha value is -2.78. The molecule has 0 aromatic carbocycles. The highest BCUT2D eigenvalue weighted by molar-refractivity contribution is 5.94. The van der Waals surface area contributed by atoms with Crippen LogP contribution in [0.3, 0.4) is 0 Å². The van der Waals surface area contributed by atoms with Crippen LogP contribution in [-0.4, -0.2) is 93.9 Å². The van der Waals surface area contributed by atoms with E-state index in [1.807, 2.05) is 12.1 Å². The van der Waals surface area contributed by atoms with E-state index in [0.717, 1.165) is 19.6 Å². The minimum absolute atomic E-state index is 0.107. The van der Waals surface area contributed by atoms with Gasteiger partial charge in [0.05, 0.1) is 25.0 Å². The lowest BCUT2D eigenvalue weighted by Crippen LogP contribution is -2.49. The highest BCUT2D eigenvalue weighted by atomic mass is 16.5. The van der Waals surface area contributed by atoms with Gasteiger partial charge in [-0.3, -0.25) is 14.7 Å². The Morgan fingerprint density at radius 2 is 1.68 bits per heavy atom. The second-order valence-electron chi connectivity index (χ2n) is 6.98. The first-order valence-electron chi connectivity index (χ1n) is 9.53. The van der Waals surface area contributed by atoms with Crippen LogP contribution in [0.2, 0.25) is 0 Å². The van der Waals surface area contributed by atoms with Crippen molar-refractivity contribution in [2.45, 2.75) is 6.54 Å². The van der Waals surface area contributed by atoms with Gasteiger partial charge in [-0.1, -0.05) is 0 Å². The molecule has 0 N–H and O–H groups in total. The van der Waals surface area contributed by atoms with E-state index >= 15 is 0 Å². The fourth-order valence-corrected chi connectivity index (χ4v) is 3.48. The van der Waals surface area contributed by atoms with Crippen LogP contribution < -0.4 is 0 Å². The number of rotatable bonds is 3. The SMILES string of the molecule is O=C(c1cnn(C(=O)N2CCN(Cc3ccncc3)CC2)c1)N1CCOCC1. The zero-order valence-corrected chi connectivity index (χ0v) is 15.7. The molecule has 0 unspecified atom stereocenters. The lowest BCUT2D eigenvalue weighted by Gasteiger charge is -2.34. The summed E-state index contributed by atoms with van der Waals surface area (Å²) in [7, 11) is 0. The van der Waals surface area contributed by atoms with Crippen molar-refractivity contribution in [3.05, 3.63) is 48.0 Å². The first kappa shape index (κ1) is 18.6. The largest absolute Gasteiger partial charge is 0.378 e. The molecule has 2 aliphatic rings. The molecule has 0 aliphatic carbocycles. The van der Waals surface area contributed by atoms with Crippen molar-refractivity contribution >= 4 is 11.9 Å². The van der Waals surface area contributed by atoms with E-state index in [-0.39, 0.29) is 11.9 Å². The van der Waals surface area contributed by atoms with Gasteiger partial charge in [-0.2, -0.15) is 9.78 Å². The zero-order valence-electron chi connectivity index (χ0n) is 15.7. The maximum atomic E-state index is 12.7. The zero-order chi connectivity index (χ0) is 19.3. The molecule has 4 heterocycles. The van der Waals surface area contributed by atoms with E-state index in [4.69, 9.17) is 4.74 Å². The first-order chi connectivity index (χ1) is 13.7. The van der Waals surface area contributed by atoms with Crippen molar-refractivity contribution < 1.29 is 14.3 Å². The van der Waals surface area contributed by atoms with E-state index in [2.05, 4.69) is 15.0 Å². The third-order valence-corrected chi connectivity index (χ3v) is 5.12. The summed E-state index contributed by atoms with van der Waals surface area (Å²) in [5, 5.41) is 4.12. The third-order valence-electron chi connectivity index (χ3n) is 5.12. The van der Waals surface area contributed by atoms with Crippen LogP contribution in [0.4, 0.5) is 4.79 Å². The Morgan fingerprint density at radius 3 is 2.39 bits per heavy atom. The van der Waals surface area contributed by atoms with Crippen LogP contribution in [0.1, 0.15) is 15.9 Å². The van der Waals surface area contributed by atoms with Crippen molar-refractivity contribution in [1.29, 1.82) is 0 Å².